The molecule has 0 amide bonds. The van der Waals surface area contributed by atoms with E-state index in [1.165, 1.54) is 12.0 Å². The predicted molar refractivity (Wildman–Crippen MR) is 83.2 cm³/mol. The third-order valence-electron chi connectivity index (χ3n) is 4.50. The van der Waals surface area contributed by atoms with Crippen LogP contribution < -0.4 is 5.73 Å². The van der Waals surface area contributed by atoms with Crippen LogP contribution in [-0.4, -0.2) is 10.1 Å². The number of nitrogens with two attached hydrogens (primary N) is 1. The lowest BCUT2D eigenvalue weighted by molar-refractivity contribution is 0.275. The number of nitrogens with zero attached hydrogens (tertiary/aromatic N) is 2. The SMILES string of the molecule is Cc1ccc2oc(-c3nc(C4(N)CCCCC4)no3)cc2c1. The Morgan fingerprint density at radius 2 is 1.95 bits per heavy atom. The van der Waals surface area contributed by atoms with Crippen LogP contribution in [0, 0.1) is 6.92 Å². The molecule has 0 spiro atoms. The van der Waals surface area contributed by atoms with Gasteiger partial charge in [0.2, 0.25) is 0 Å². The minimum Gasteiger partial charge on any atom is -0.451 e. The highest BCUT2D eigenvalue weighted by atomic mass is 16.5. The van der Waals surface area contributed by atoms with E-state index in [1.807, 2.05) is 18.2 Å². The maximum absolute atomic E-state index is 6.45. The van der Waals surface area contributed by atoms with Crippen LogP contribution in [0.5, 0.6) is 0 Å². The smallest absolute Gasteiger partial charge is 0.293 e. The van der Waals surface area contributed by atoms with Crippen LogP contribution in [-0.2, 0) is 5.54 Å². The fraction of sp³-hybridized carbons (Fsp3) is 0.412. The first kappa shape index (κ1) is 13.5. The zero-order valence-electron chi connectivity index (χ0n) is 12.6. The van der Waals surface area contributed by atoms with Crippen LogP contribution in [0.2, 0.25) is 0 Å². The van der Waals surface area contributed by atoms with Crippen molar-refractivity contribution in [3.05, 3.63) is 35.7 Å². The Kier molecular flexibility index (Phi) is 3.04. The molecule has 0 radical (unpaired) electrons. The van der Waals surface area contributed by atoms with Crippen LogP contribution in [0.3, 0.4) is 0 Å². The zero-order valence-corrected chi connectivity index (χ0v) is 12.6. The lowest BCUT2D eigenvalue weighted by atomic mass is 9.82. The minimum atomic E-state index is -0.456. The van der Waals surface area contributed by atoms with Crippen molar-refractivity contribution < 1.29 is 8.94 Å². The topological polar surface area (TPSA) is 78.1 Å². The highest BCUT2D eigenvalue weighted by Gasteiger charge is 2.34. The number of rotatable bonds is 2. The summed E-state index contributed by atoms with van der Waals surface area (Å²) in [5, 5.41) is 5.14. The van der Waals surface area contributed by atoms with Gasteiger partial charge in [-0.25, -0.2) is 0 Å². The van der Waals surface area contributed by atoms with Gasteiger partial charge >= 0.3 is 0 Å². The van der Waals surface area contributed by atoms with Gasteiger partial charge in [-0.1, -0.05) is 36.0 Å². The van der Waals surface area contributed by atoms with Gasteiger partial charge in [0.05, 0.1) is 5.54 Å². The fourth-order valence-corrected chi connectivity index (χ4v) is 3.20. The highest BCUT2D eigenvalue weighted by molar-refractivity contribution is 5.82. The van der Waals surface area contributed by atoms with E-state index in [1.54, 1.807) is 0 Å². The van der Waals surface area contributed by atoms with Crippen LogP contribution in [0.25, 0.3) is 22.6 Å². The van der Waals surface area contributed by atoms with Crippen molar-refractivity contribution >= 4 is 11.0 Å². The lowest BCUT2D eigenvalue weighted by Gasteiger charge is -2.29. The van der Waals surface area contributed by atoms with Gasteiger partial charge in [-0.3, -0.25) is 0 Å². The number of aromatic nitrogens is 2. The Balaban J connectivity index is 1.70. The van der Waals surface area contributed by atoms with E-state index in [9.17, 15) is 0 Å². The van der Waals surface area contributed by atoms with Crippen LogP contribution in [0.4, 0.5) is 0 Å². The molecule has 1 saturated carbocycles. The van der Waals surface area contributed by atoms with Gasteiger partial charge < -0.3 is 14.7 Å². The van der Waals surface area contributed by atoms with E-state index in [2.05, 4.69) is 23.1 Å². The first-order chi connectivity index (χ1) is 10.6. The van der Waals surface area contributed by atoms with Crippen molar-refractivity contribution in [1.82, 2.24) is 10.1 Å². The second kappa shape index (κ2) is 4.95. The highest BCUT2D eigenvalue weighted by Crippen LogP contribution is 2.35. The average Bonchev–Trinajstić information content (AvgIpc) is 3.14. The van der Waals surface area contributed by atoms with Crippen molar-refractivity contribution in [2.75, 3.05) is 0 Å². The second-order valence-corrected chi connectivity index (χ2v) is 6.29. The first-order valence-corrected chi connectivity index (χ1v) is 7.78. The van der Waals surface area contributed by atoms with E-state index >= 15 is 0 Å². The summed E-state index contributed by atoms with van der Waals surface area (Å²) in [6.45, 7) is 2.05. The summed E-state index contributed by atoms with van der Waals surface area (Å²) in [7, 11) is 0. The molecule has 5 heteroatoms. The normalized spacial score (nSPS) is 17.9. The maximum Gasteiger partial charge on any atom is 0.293 e. The molecular formula is C17H19N3O2. The summed E-state index contributed by atoms with van der Waals surface area (Å²) in [5.41, 5.74) is 8.00. The Labute approximate surface area is 128 Å². The number of hydrogen-bond acceptors (Lipinski definition) is 5. The van der Waals surface area contributed by atoms with Gasteiger partial charge in [-0.05, 0) is 38.0 Å². The van der Waals surface area contributed by atoms with Gasteiger partial charge in [0.1, 0.15) is 5.58 Å². The summed E-state index contributed by atoms with van der Waals surface area (Å²) in [6.07, 6.45) is 5.28. The number of fused-ring (bicyclic) bond motifs is 1. The molecule has 1 aliphatic carbocycles. The molecule has 1 fully saturated rings. The van der Waals surface area contributed by atoms with Gasteiger partial charge in [0, 0.05) is 5.39 Å². The molecule has 22 heavy (non-hydrogen) atoms. The van der Waals surface area contributed by atoms with Gasteiger partial charge in [0.15, 0.2) is 11.6 Å². The monoisotopic (exact) mass is 297 g/mol. The summed E-state index contributed by atoms with van der Waals surface area (Å²) in [6, 6.07) is 7.98. The molecule has 114 valence electrons. The Morgan fingerprint density at radius 1 is 1.14 bits per heavy atom. The van der Waals surface area contributed by atoms with E-state index in [-0.39, 0.29) is 0 Å². The van der Waals surface area contributed by atoms with Crippen LogP contribution >= 0.6 is 0 Å². The molecule has 0 saturated heterocycles. The van der Waals surface area contributed by atoms with E-state index < -0.39 is 5.54 Å². The second-order valence-electron chi connectivity index (χ2n) is 6.29. The molecule has 0 aliphatic heterocycles. The summed E-state index contributed by atoms with van der Waals surface area (Å²) in [5.74, 6) is 1.59. The third-order valence-corrected chi connectivity index (χ3v) is 4.50. The van der Waals surface area contributed by atoms with Crippen molar-refractivity contribution in [1.29, 1.82) is 0 Å². The maximum atomic E-state index is 6.45. The van der Waals surface area contributed by atoms with Crippen LogP contribution in [0.15, 0.2) is 33.2 Å². The molecule has 0 atom stereocenters. The minimum absolute atomic E-state index is 0.402. The van der Waals surface area contributed by atoms with Crippen molar-refractivity contribution in [3.63, 3.8) is 0 Å². The number of aryl methyl sites for hydroxylation is 1. The first-order valence-electron chi connectivity index (χ1n) is 7.78. The van der Waals surface area contributed by atoms with Crippen molar-refractivity contribution in [3.8, 4) is 11.7 Å². The predicted octanol–water partition coefficient (Wildman–Crippen LogP) is 3.91. The van der Waals surface area contributed by atoms with E-state index in [0.29, 0.717) is 17.5 Å². The standard InChI is InChI=1S/C17H19N3O2/c1-11-5-6-13-12(9-11)10-14(21-13)15-19-16(20-22-15)17(18)7-3-2-4-8-17/h5-6,9-10H,2-4,7-8,18H2,1H3. The Bertz CT molecular complexity index is 812. The summed E-state index contributed by atoms with van der Waals surface area (Å²) < 4.78 is 11.2. The molecule has 2 heterocycles. The molecule has 5 nitrogen and oxygen atoms in total. The molecule has 2 N–H and O–H groups in total. The molecule has 3 aromatic rings. The molecular weight excluding hydrogens is 278 g/mol. The largest absolute Gasteiger partial charge is 0.451 e. The quantitative estimate of drug-likeness (QED) is 0.776. The summed E-state index contributed by atoms with van der Waals surface area (Å²) in [4.78, 5) is 4.50. The Hall–Kier alpha value is -2.14. The van der Waals surface area contributed by atoms with Crippen molar-refractivity contribution in [2.24, 2.45) is 5.73 Å². The van der Waals surface area contributed by atoms with Gasteiger partial charge in [-0.2, -0.15) is 4.98 Å². The molecule has 1 aromatic carbocycles. The molecule has 2 aromatic heterocycles. The fourth-order valence-electron chi connectivity index (χ4n) is 3.20. The van der Waals surface area contributed by atoms with E-state index in [0.717, 1.165) is 36.7 Å². The van der Waals surface area contributed by atoms with Crippen LogP contribution in [0.1, 0.15) is 43.5 Å². The third kappa shape index (κ3) is 2.22. The molecule has 1 aliphatic rings. The molecule has 4 rings (SSSR count). The lowest BCUT2D eigenvalue weighted by Crippen LogP contribution is -2.39. The molecule has 0 unspecified atom stereocenters. The molecule has 0 bridgehead atoms. The average molecular weight is 297 g/mol. The summed E-state index contributed by atoms with van der Waals surface area (Å²) >= 11 is 0. The van der Waals surface area contributed by atoms with Crippen molar-refractivity contribution in [2.45, 2.75) is 44.6 Å². The number of benzene rings is 1. The number of hydrogen-bond donors (Lipinski definition) is 1. The van der Waals surface area contributed by atoms with E-state index in [4.69, 9.17) is 14.7 Å². The van der Waals surface area contributed by atoms with Gasteiger partial charge in [0.25, 0.3) is 5.89 Å². The van der Waals surface area contributed by atoms with Gasteiger partial charge in [-0.15, -0.1) is 0 Å². The number of furan rings is 1. The Morgan fingerprint density at radius 3 is 2.77 bits per heavy atom. The zero-order chi connectivity index (χ0) is 15.2.